The van der Waals surface area contributed by atoms with E-state index in [-0.39, 0.29) is 0 Å². The number of rotatable bonds is 5. The summed E-state index contributed by atoms with van der Waals surface area (Å²) in [5, 5.41) is 14.5. The molecule has 0 atom stereocenters. The molecule has 6 heteroatoms. The van der Waals surface area contributed by atoms with Gasteiger partial charge in [0.1, 0.15) is 5.82 Å². The van der Waals surface area contributed by atoms with E-state index < -0.39 is 5.60 Å². The lowest BCUT2D eigenvalue weighted by Gasteiger charge is -2.35. The van der Waals surface area contributed by atoms with Crippen molar-refractivity contribution in [2.24, 2.45) is 0 Å². The minimum Gasteiger partial charge on any atom is -0.388 e. The van der Waals surface area contributed by atoms with Gasteiger partial charge in [-0.1, -0.05) is 0 Å². The first-order chi connectivity index (χ1) is 8.57. The Morgan fingerprint density at radius 2 is 2.28 bits per heavy atom. The fraction of sp³-hybridized carbons (Fsp3) is 0.750. The number of hydrogen-bond donors (Lipinski definition) is 2. The molecule has 102 valence electrons. The third-order valence-electron chi connectivity index (χ3n) is 3.36. The number of ether oxygens (including phenoxy) is 1. The second-order valence-electron chi connectivity index (χ2n) is 5.08. The molecule has 0 aliphatic carbocycles. The van der Waals surface area contributed by atoms with Crippen LogP contribution in [0.2, 0.25) is 0 Å². The van der Waals surface area contributed by atoms with E-state index in [0.717, 1.165) is 13.1 Å². The van der Waals surface area contributed by atoms with Gasteiger partial charge in [0.25, 0.3) is 0 Å². The number of hydrogen-bond acceptors (Lipinski definition) is 5. The molecule has 0 amide bonds. The van der Waals surface area contributed by atoms with Gasteiger partial charge in [-0.25, -0.2) is 0 Å². The molecular formula is C12H22N4O2. The highest BCUT2D eigenvalue weighted by Gasteiger charge is 2.30. The molecule has 6 nitrogen and oxygen atoms in total. The average Bonchev–Trinajstić information content (AvgIpc) is 2.73. The SMILES string of the molecule is CN(CCn1ccc(N)n1)CC1(O)CCOCC1. The molecule has 1 aliphatic rings. The van der Waals surface area contributed by atoms with Crippen molar-refractivity contribution < 1.29 is 9.84 Å². The van der Waals surface area contributed by atoms with Gasteiger partial charge < -0.3 is 20.5 Å². The lowest BCUT2D eigenvalue weighted by Crippen LogP contribution is -2.46. The predicted molar refractivity (Wildman–Crippen MR) is 69.1 cm³/mol. The number of nitrogens with two attached hydrogens (primary N) is 1. The highest BCUT2D eigenvalue weighted by molar-refractivity contribution is 5.23. The Hall–Kier alpha value is -1.11. The summed E-state index contributed by atoms with van der Waals surface area (Å²) >= 11 is 0. The third-order valence-corrected chi connectivity index (χ3v) is 3.36. The summed E-state index contributed by atoms with van der Waals surface area (Å²) in [6, 6.07) is 1.78. The quantitative estimate of drug-likeness (QED) is 0.770. The molecule has 3 N–H and O–H groups in total. The lowest BCUT2D eigenvalue weighted by molar-refractivity contribution is -0.0771. The Bertz CT molecular complexity index is 374. The smallest absolute Gasteiger partial charge is 0.145 e. The maximum atomic E-state index is 10.4. The molecule has 0 aromatic carbocycles. The van der Waals surface area contributed by atoms with Gasteiger partial charge in [0.15, 0.2) is 0 Å². The van der Waals surface area contributed by atoms with Crippen LogP contribution in [0.3, 0.4) is 0 Å². The van der Waals surface area contributed by atoms with Gasteiger partial charge in [-0.3, -0.25) is 4.68 Å². The van der Waals surface area contributed by atoms with E-state index in [1.54, 1.807) is 6.07 Å². The number of aliphatic hydroxyl groups is 1. The largest absolute Gasteiger partial charge is 0.388 e. The predicted octanol–water partition coefficient (Wildman–Crippen LogP) is -0.0614. The van der Waals surface area contributed by atoms with Crippen LogP contribution in [0.5, 0.6) is 0 Å². The number of nitrogens with zero attached hydrogens (tertiary/aromatic N) is 3. The molecular weight excluding hydrogens is 232 g/mol. The van der Waals surface area contributed by atoms with Crippen molar-refractivity contribution >= 4 is 5.82 Å². The molecule has 0 unspecified atom stereocenters. The van der Waals surface area contributed by atoms with Crippen LogP contribution in [0.15, 0.2) is 12.3 Å². The third kappa shape index (κ3) is 3.69. The fourth-order valence-corrected chi connectivity index (χ4v) is 2.27. The summed E-state index contributed by atoms with van der Waals surface area (Å²) in [5.74, 6) is 0.542. The minimum absolute atomic E-state index is 0.542. The number of likely N-dealkylation sites (N-methyl/N-ethyl adjacent to an activating group) is 1. The van der Waals surface area contributed by atoms with Gasteiger partial charge in [0.2, 0.25) is 0 Å². The summed E-state index contributed by atoms with van der Waals surface area (Å²) in [4.78, 5) is 2.13. The van der Waals surface area contributed by atoms with E-state index >= 15 is 0 Å². The van der Waals surface area contributed by atoms with E-state index in [2.05, 4.69) is 10.00 Å². The number of anilines is 1. The van der Waals surface area contributed by atoms with Gasteiger partial charge in [-0.15, -0.1) is 0 Å². The lowest BCUT2D eigenvalue weighted by atomic mass is 9.94. The van der Waals surface area contributed by atoms with E-state index in [1.807, 2.05) is 17.9 Å². The molecule has 0 bridgehead atoms. The fourth-order valence-electron chi connectivity index (χ4n) is 2.27. The second kappa shape index (κ2) is 5.69. The summed E-state index contributed by atoms with van der Waals surface area (Å²) in [6.07, 6.45) is 3.30. The molecule has 2 heterocycles. The van der Waals surface area contributed by atoms with E-state index in [9.17, 15) is 5.11 Å². The van der Waals surface area contributed by atoms with E-state index in [4.69, 9.17) is 10.5 Å². The summed E-state index contributed by atoms with van der Waals surface area (Å²) in [6.45, 7) is 3.59. The molecule has 1 fully saturated rings. The monoisotopic (exact) mass is 254 g/mol. The first-order valence-corrected chi connectivity index (χ1v) is 6.35. The van der Waals surface area contributed by atoms with Crippen LogP contribution in [0.25, 0.3) is 0 Å². The minimum atomic E-state index is -0.601. The van der Waals surface area contributed by atoms with Crippen LogP contribution in [0.4, 0.5) is 5.82 Å². The van der Waals surface area contributed by atoms with Crippen molar-refractivity contribution in [2.75, 3.05) is 39.1 Å². The van der Waals surface area contributed by atoms with Crippen LogP contribution in [-0.4, -0.2) is 58.7 Å². The Labute approximate surface area is 107 Å². The first kappa shape index (κ1) is 13.3. The Morgan fingerprint density at radius 3 is 2.89 bits per heavy atom. The molecule has 0 spiro atoms. The van der Waals surface area contributed by atoms with Crippen molar-refractivity contribution in [1.82, 2.24) is 14.7 Å². The molecule has 1 aromatic rings. The zero-order valence-electron chi connectivity index (χ0n) is 10.9. The maximum absolute atomic E-state index is 10.4. The second-order valence-corrected chi connectivity index (χ2v) is 5.08. The zero-order valence-corrected chi connectivity index (χ0v) is 10.9. The molecule has 1 aromatic heterocycles. The zero-order chi connectivity index (χ0) is 13.0. The van der Waals surface area contributed by atoms with Crippen molar-refractivity contribution in [1.29, 1.82) is 0 Å². The molecule has 0 saturated carbocycles. The molecule has 2 rings (SSSR count). The van der Waals surface area contributed by atoms with Gasteiger partial charge in [0, 0.05) is 45.3 Å². The Balaban J connectivity index is 1.76. The van der Waals surface area contributed by atoms with Crippen molar-refractivity contribution in [3.63, 3.8) is 0 Å². The molecule has 1 aliphatic heterocycles. The average molecular weight is 254 g/mol. The van der Waals surface area contributed by atoms with Gasteiger partial charge >= 0.3 is 0 Å². The van der Waals surface area contributed by atoms with Crippen molar-refractivity contribution in [3.8, 4) is 0 Å². The van der Waals surface area contributed by atoms with Crippen LogP contribution in [-0.2, 0) is 11.3 Å². The van der Waals surface area contributed by atoms with E-state index in [1.165, 1.54) is 0 Å². The highest BCUT2D eigenvalue weighted by Crippen LogP contribution is 2.21. The van der Waals surface area contributed by atoms with Gasteiger partial charge in [0.05, 0.1) is 12.1 Å². The maximum Gasteiger partial charge on any atom is 0.145 e. The van der Waals surface area contributed by atoms with Crippen molar-refractivity contribution in [3.05, 3.63) is 12.3 Å². The molecule has 1 saturated heterocycles. The number of nitrogen functional groups attached to an aromatic ring is 1. The van der Waals surface area contributed by atoms with E-state index in [0.29, 0.717) is 38.4 Å². The van der Waals surface area contributed by atoms with Crippen LogP contribution >= 0.6 is 0 Å². The summed E-state index contributed by atoms with van der Waals surface area (Å²) in [7, 11) is 2.01. The Morgan fingerprint density at radius 1 is 1.56 bits per heavy atom. The van der Waals surface area contributed by atoms with Crippen molar-refractivity contribution in [2.45, 2.75) is 25.0 Å². The number of aromatic nitrogens is 2. The van der Waals surface area contributed by atoms with Gasteiger partial charge in [-0.2, -0.15) is 5.10 Å². The summed E-state index contributed by atoms with van der Waals surface area (Å²) in [5.41, 5.74) is 4.95. The van der Waals surface area contributed by atoms with Crippen LogP contribution < -0.4 is 5.73 Å². The van der Waals surface area contributed by atoms with Crippen LogP contribution in [0.1, 0.15) is 12.8 Å². The molecule has 18 heavy (non-hydrogen) atoms. The molecule has 0 radical (unpaired) electrons. The standard InChI is InChI=1S/C12H22N4O2/c1-15(6-7-16-5-2-11(13)14-16)10-12(17)3-8-18-9-4-12/h2,5,17H,3-4,6-10H2,1H3,(H2,13,14). The topological polar surface area (TPSA) is 76.5 Å². The first-order valence-electron chi connectivity index (χ1n) is 6.35. The highest BCUT2D eigenvalue weighted by atomic mass is 16.5. The van der Waals surface area contributed by atoms with Gasteiger partial charge in [-0.05, 0) is 13.1 Å². The normalized spacial score (nSPS) is 19.3. The Kier molecular flexibility index (Phi) is 4.21. The van der Waals surface area contributed by atoms with Crippen LogP contribution in [0, 0.1) is 0 Å². The summed E-state index contributed by atoms with van der Waals surface area (Å²) < 4.78 is 7.09.